The summed E-state index contributed by atoms with van der Waals surface area (Å²) in [5.41, 5.74) is 0. The van der Waals surface area contributed by atoms with Crippen LogP contribution in [-0.4, -0.2) is 6.54 Å². The Morgan fingerprint density at radius 1 is 1.29 bits per heavy atom. The van der Waals surface area contributed by atoms with Crippen LogP contribution in [0.25, 0.3) is 0 Å². The van der Waals surface area contributed by atoms with Crippen LogP contribution in [0.15, 0.2) is 12.1 Å². The molecule has 1 unspecified atom stereocenters. The second-order valence-corrected chi connectivity index (χ2v) is 6.60. The third kappa shape index (κ3) is 3.56. The van der Waals surface area contributed by atoms with E-state index < -0.39 is 0 Å². The molecule has 1 aliphatic carbocycles. The maximum Gasteiger partial charge on any atom is 0.0443 e. The molecule has 0 radical (unpaired) electrons. The van der Waals surface area contributed by atoms with Gasteiger partial charge in [0.05, 0.1) is 0 Å². The van der Waals surface area contributed by atoms with E-state index in [0.29, 0.717) is 6.04 Å². The van der Waals surface area contributed by atoms with Crippen LogP contribution in [0.3, 0.4) is 0 Å². The normalized spacial score (nSPS) is 19.4. The van der Waals surface area contributed by atoms with Crippen LogP contribution < -0.4 is 5.32 Å². The molecule has 1 aliphatic rings. The van der Waals surface area contributed by atoms with Gasteiger partial charge in [-0.05, 0) is 50.8 Å². The van der Waals surface area contributed by atoms with Crippen LogP contribution in [0.5, 0.6) is 0 Å². The minimum absolute atomic E-state index is 0.619. The molecule has 1 aromatic rings. The lowest BCUT2D eigenvalue weighted by Gasteiger charge is -2.30. The Bertz CT molecular complexity index is 325. The summed E-state index contributed by atoms with van der Waals surface area (Å²) in [6, 6.07) is 5.22. The molecule has 0 spiro atoms. The molecule has 17 heavy (non-hydrogen) atoms. The van der Waals surface area contributed by atoms with E-state index in [1.165, 1.54) is 43.4 Å². The predicted octanol–water partition coefficient (Wildman–Crippen LogP) is 4.68. The van der Waals surface area contributed by atoms with Crippen molar-refractivity contribution in [3.05, 3.63) is 21.9 Å². The van der Waals surface area contributed by atoms with E-state index in [-0.39, 0.29) is 0 Å². The van der Waals surface area contributed by atoms with E-state index >= 15 is 0 Å². The van der Waals surface area contributed by atoms with Crippen LogP contribution in [0.2, 0.25) is 0 Å². The van der Waals surface area contributed by atoms with Gasteiger partial charge in [0.1, 0.15) is 0 Å². The van der Waals surface area contributed by atoms with Crippen molar-refractivity contribution in [2.45, 2.75) is 58.4 Å². The molecule has 1 N–H and O–H groups in total. The summed E-state index contributed by atoms with van der Waals surface area (Å²) in [5, 5.41) is 3.78. The maximum atomic E-state index is 3.78. The van der Waals surface area contributed by atoms with Crippen LogP contribution in [0.4, 0.5) is 0 Å². The van der Waals surface area contributed by atoms with Gasteiger partial charge in [-0.2, -0.15) is 0 Å². The fourth-order valence-electron chi connectivity index (χ4n) is 2.89. The molecule has 1 saturated carbocycles. The molecule has 0 aliphatic heterocycles. The Balaban J connectivity index is 2.06. The molecule has 1 nitrogen and oxygen atoms in total. The predicted molar refractivity (Wildman–Crippen MR) is 76.7 cm³/mol. The van der Waals surface area contributed by atoms with Crippen molar-refractivity contribution in [2.24, 2.45) is 5.92 Å². The average Bonchev–Trinajstić information content (AvgIpc) is 2.78. The van der Waals surface area contributed by atoms with E-state index in [0.717, 1.165) is 12.5 Å². The summed E-state index contributed by atoms with van der Waals surface area (Å²) in [6.07, 6.45) is 8.36. The van der Waals surface area contributed by atoms with E-state index in [9.17, 15) is 0 Å². The molecule has 0 amide bonds. The fraction of sp³-hybridized carbons (Fsp3) is 0.733. The monoisotopic (exact) mass is 251 g/mol. The van der Waals surface area contributed by atoms with E-state index in [4.69, 9.17) is 0 Å². The summed E-state index contributed by atoms with van der Waals surface area (Å²) in [6.45, 7) is 5.62. The van der Waals surface area contributed by atoms with Gasteiger partial charge in [0.2, 0.25) is 0 Å². The van der Waals surface area contributed by atoms with Crippen LogP contribution in [0, 0.1) is 12.8 Å². The standard InChI is InChI=1S/C15H25NS/c1-3-11-16-15(13-7-5-4-6-8-13)14-10-9-12(2)17-14/h9-10,13,15-16H,3-8,11H2,1-2H3. The minimum Gasteiger partial charge on any atom is -0.309 e. The van der Waals surface area contributed by atoms with Crippen LogP contribution in [0.1, 0.15) is 61.2 Å². The first kappa shape index (κ1) is 13.1. The summed E-state index contributed by atoms with van der Waals surface area (Å²) in [4.78, 5) is 3.00. The van der Waals surface area contributed by atoms with Gasteiger partial charge < -0.3 is 5.32 Å². The highest BCUT2D eigenvalue weighted by Crippen LogP contribution is 2.36. The van der Waals surface area contributed by atoms with Gasteiger partial charge >= 0.3 is 0 Å². The number of rotatable bonds is 5. The highest BCUT2D eigenvalue weighted by molar-refractivity contribution is 7.12. The van der Waals surface area contributed by atoms with Gasteiger partial charge in [-0.1, -0.05) is 26.2 Å². The Morgan fingerprint density at radius 3 is 2.65 bits per heavy atom. The van der Waals surface area contributed by atoms with Crippen LogP contribution in [-0.2, 0) is 0 Å². The van der Waals surface area contributed by atoms with Crippen molar-refractivity contribution in [3.8, 4) is 0 Å². The SMILES string of the molecule is CCCNC(c1ccc(C)s1)C1CCCCC1. The minimum atomic E-state index is 0.619. The Kier molecular flexibility index (Phi) is 5.05. The van der Waals surface area contributed by atoms with Gasteiger partial charge in [-0.25, -0.2) is 0 Å². The quantitative estimate of drug-likeness (QED) is 0.801. The Hall–Kier alpha value is -0.340. The third-order valence-corrected chi connectivity index (χ3v) is 4.89. The Labute approximate surface area is 110 Å². The topological polar surface area (TPSA) is 12.0 Å². The molecule has 1 heterocycles. The fourth-order valence-corrected chi connectivity index (χ4v) is 3.93. The molecule has 2 heteroatoms. The molecule has 1 fully saturated rings. The lowest BCUT2D eigenvalue weighted by molar-refractivity contribution is 0.275. The van der Waals surface area contributed by atoms with Crippen LogP contribution >= 0.6 is 11.3 Å². The molecule has 0 saturated heterocycles. The average molecular weight is 251 g/mol. The molecular weight excluding hydrogens is 226 g/mol. The number of aryl methyl sites for hydroxylation is 1. The molecule has 96 valence electrons. The number of nitrogens with one attached hydrogen (secondary N) is 1. The zero-order chi connectivity index (χ0) is 12.1. The summed E-state index contributed by atoms with van der Waals surface area (Å²) in [7, 11) is 0. The van der Waals surface area contributed by atoms with E-state index in [2.05, 4.69) is 31.3 Å². The summed E-state index contributed by atoms with van der Waals surface area (Å²) < 4.78 is 0. The largest absolute Gasteiger partial charge is 0.309 e. The van der Waals surface area contributed by atoms with Gasteiger partial charge in [-0.15, -0.1) is 11.3 Å². The van der Waals surface area contributed by atoms with Crippen molar-refractivity contribution < 1.29 is 0 Å². The Morgan fingerprint density at radius 2 is 2.06 bits per heavy atom. The van der Waals surface area contributed by atoms with Gasteiger partial charge in [0.15, 0.2) is 0 Å². The molecule has 1 aromatic heterocycles. The lowest BCUT2D eigenvalue weighted by Crippen LogP contribution is -2.29. The zero-order valence-corrected chi connectivity index (χ0v) is 12.0. The van der Waals surface area contributed by atoms with E-state index in [1.54, 1.807) is 4.88 Å². The van der Waals surface area contributed by atoms with Crippen molar-refractivity contribution in [2.75, 3.05) is 6.54 Å². The van der Waals surface area contributed by atoms with E-state index in [1.807, 2.05) is 11.3 Å². The molecule has 0 bridgehead atoms. The number of hydrogen-bond donors (Lipinski definition) is 1. The lowest BCUT2D eigenvalue weighted by atomic mass is 9.83. The highest BCUT2D eigenvalue weighted by Gasteiger charge is 2.25. The first-order valence-corrected chi connectivity index (χ1v) is 7.92. The maximum absolute atomic E-state index is 3.78. The van der Waals surface area contributed by atoms with Crippen molar-refractivity contribution in [1.29, 1.82) is 0 Å². The molecular formula is C15H25NS. The van der Waals surface area contributed by atoms with Gasteiger partial charge in [0, 0.05) is 15.8 Å². The molecule has 2 rings (SSSR count). The number of hydrogen-bond acceptors (Lipinski definition) is 2. The first-order chi connectivity index (χ1) is 8.31. The zero-order valence-electron chi connectivity index (χ0n) is 11.2. The second-order valence-electron chi connectivity index (χ2n) is 5.28. The van der Waals surface area contributed by atoms with Crippen molar-refractivity contribution >= 4 is 11.3 Å². The smallest absolute Gasteiger partial charge is 0.0443 e. The third-order valence-electron chi connectivity index (χ3n) is 3.80. The first-order valence-electron chi connectivity index (χ1n) is 7.11. The second kappa shape index (κ2) is 6.55. The van der Waals surface area contributed by atoms with Gasteiger partial charge in [0.25, 0.3) is 0 Å². The summed E-state index contributed by atoms with van der Waals surface area (Å²) in [5.74, 6) is 0.869. The molecule has 1 atom stereocenters. The molecule has 0 aromatic carbocycles. The van der Waals surface area contributed by atoms with Crippen molar-refractivity contribution in [1.82, 2.24) is 5.32 Å². The van der Waals surface area contributed by atoms with Crippen molar-refractivity contribution in [3.63, 3.8) is 0 Å². The highest BCUT2D eigenvalue weighted by atomic mass is 32.1. The van der Waals surface area contributed by atoms with Gasteiger partial charge in [-0.3, -0.25) is 0 Å². The summed E-state index contributed by atoms with van der Waals surface area (Å²) >= 11 is 1.98. The number of thiophene rings is 1.